The second kappa shape index (κ2) is 6.35. The highest BCUT2D eigenvalue weighted by atomic mass is 15.2. The molecular formula is C16H26N2. The third-order valence-electron chi connectivity index (χ3n) is 4.15. The van der Waals surface area contributed by atoms with Gasteiger partial charge in [-0.05, 0) is 57.8 Å². The number of aryl methyl sites for hydroxylation is 1. The second-order valence-electron chi connectivity index (χ2n) is 5.57. The van der Waals surface area contributed by atoms with Crippen molar-refractivity contribution in [3.63, 3.8) is 0 Å². The molecule has 1 saturated heterocycles. The summed E-state index contributed by atoms with van der Waals surface area (Å²) in [7, 11) is 0. The molecule has 0 spiro atoms. The molecule has 0 aromatic heterocycles. The van der Waals surface area contributed by atoms with E-state index in [1.807, 2.05) is 0 Å². The van der Waals surface area contributed by atoms with Gasteiger partial charge in [0.2, 0.25) is 0 Å². The van der Waals surface area contributed by atoms with Gasteiger partial charge >= 0.3 is 0 Å². The van der Waals surface area contributed by atoms with Crippen LogP contribution in [0.3, 0.4) is 0 Å². The van der Waals surface area contributed by atoms with Crippen LogP contribution in [0, 0.1) is 6.92 Å². The molecule has 1 aromatic carbocycles. The minimum atomic E-state index is 0.538. The van der Waals surface area contributed by atoms with E-state index in [0.29, 0.717) is 12.1 Å². The summed E-state index contributed by atoms with van der Waals surface area (Å²) >= 11 is 0. The Labute approximate surface area is 111 Å². The summed E-state index contributed by atoms with van der Waals surface area (Å²) < 4.78 is 0. The van der Waals surface area contributed by atoms with Crippen LogP contribution in [0.25, 0.3) is 0 Å². The summed E-state index contributed by atoms with van der Waals surface area (Å²) in [6.07, 6.45) is 2.50. The van der Waals surface area contributed by atoms with Crippen LogP contribution in [0.1, 0.15) is 43.9 Å². The molecule has 0 radical (unpaired) electrons. The molecule has 2 heteroatoms. The van der Waals surface area contributed by atoms with E-state index in [9.17, 15) is 0 Å². The van der Waals surface area contributed by atoms with Crippen molar-refractivity contribution < 1.29 is 0 Å². The first-order valence-electron chi connectivity index (χ1n) is 7.21. The highest BCUT2D eigenvalue weighted by molar-refractivity contribution is 5.28. The molecule has 0 bridgehead atoms. The van der Waals surface area contributed by atoms with Crippen molar-refractivity contribution in [1.82, 2.24) is 10.2 Å². The number of hydrogen-bond donors (Lipinski definition) is 1. The van der Waals surface area contributed by atoms with Crippen LogP contribution in [-0.2, 0) is 0 Å². The maximum Gasteiger partial charge on any atom is 0.0322 e. The van der Waals surface area contributed by atoms with Gasteiger partial charge in [0.05, 0.1) is 0 Å². The van der Waals surface area contributed by atoms with Gasteiger partial charge in [-0.2, -0.15) is 0 Å². The van der Waals surface area contributed by atoms with E-state index in [2.05, 4.69) is 55.3 Å². The molecule has 100 valence electrons. The van der Waals surface area contributed by atoms with Gasteiger partial charge in [-0.25, -0.2) is 0 Å². The van der Waals surface area contributed by atoms with Crippen LogP contribution in [0.5, 0.6) is 0 Å². The third-order valence-corrected chi connectivity index (χ3v) is 4.15. The number of hydrogen-bond acceptors (Lipinski definition) is 2. The van der Waals surface area contributed by atoms with E-state index in [-0.39, 0.29) is 0 Å². The molecule has 1 aromatic rings. The summed E-state index contributed by atoms with van der Waals surface area (Å²) in [5.74, 6) is 0. The molecule has 1 fully saturated rings. The summed E-state index contributed by atoms with van der Waals surface area (Å²) in [5.41, 5.74) is 2.90. The number of benzene rings is 1. The zero-order valence-electron chi connectivity index (χ0n) is 11.9. The van der Waals surface area contributed by atoms with Crippen LogP contribution in [0.4, 0.5) is 0 Å². The van der Waals surface area contributed by atoms with Gasteiger partial charge in [0.15, 0.2) is 0 Å². The second-order valence-corrected chi connectivity index (χ2v) is 5.57. The predicted molar refractivity (Wildman–Crippen MR) is 77.9 cm³/mol. The van der Waals surface area contributed by atoms with Gasteiger partial charge in [-0.15, -0.1) is 0 Å². The van der Waals surface area contributed by atoms with Crippen molar-refractivity contribution in [2.45, 2.75) is 45.7 Å². The lowest BCUT2D eigenvalue weighted by Crippen LogP contribution is -2.39. The van der Waals surface area contributed by atoms with E-state index >= 15 is 0 Å². The Balaban J connectivity index is 2.07. The minimum absolute atomic E-state index is 0.538. The van der Waals surface area contributed by atoms with Crippen molar-refractivity contribution in [2.24, 2.45) is 0 Å². The monoisotopic (exact) mass is 246 g/mol. The van der Waals surface area contributed by atoms with Gasteiger partial charge in [-0.1, -0.05) is 24.3 Å². The molecule has 1 aliphatic heterocycles. The van der Waals surface area contributed by atoms with Crippen LogP contribution in [0.2, 0.25) is 0 Å². The maximum absolute atomic E-state index is 3.57. The zero-order chi connectivity index (χ0) is 13.0. The zero-order valence-corrected chi connectivity index (χ0v) is 11.9. The van der Waals surface area contributed by atoms with Gasteiger partial charge in [-0.3, -0.25) is 4.90 Å². The summed E-state index contributed by atoms with van der Waals surface area (Å²) in [4.78, 5) is 2.64. The molecule has 2 unspecified atom stereocenters. The van der Waals surface area contributed by atoms with Crippen LogP contribution < -0.4 is 5.32 Å². The quantitative estimate of drug-likeness (QED) is 0.862. The van der Waals surface area contributed by atoms with Crippen molar-refractivity contribution in [3.05, 3.63) is 35.4 Å². The minimum Gasteiger partial charge on any atom is -0.314 e. The molecular weight excluding hydrogens is 220 g/mol. The smallest absolute Gasteiger partial charge is 0.0322 e. The average molecular weight is 246 g/mol. The Morgan fingerprint density at radius 2 is 2.06 bits per heavy atom. The first-order chi connectivity index (χ1) is 8.68. The van der Waals surface area contributed by atoms with Gasteiger partial charge in [0, 0.05) is 18.6 Å². The lowest BCUT2D eigenvalue weighted by molar-refractivity contribution is 0.184. The molecule has 0 amide bonds. The number of rotatable bonds is 2. The summed E-state index contributed by atoms with van der Waals surface area (Å²) in [6.45, 7) is 10.4. The maximum atomic E-state index is 3.57. The Kier molecular flexibility index (Phi) is 4.79. The average Bonchev–Trinajstić information content (AvgIpc) is 2.34. The molecule has 2 nitrogen and oxygen atoms in total. The first kappa shape index (κ1) is 13.6. The van der Waals surface area contributed by atoms with E-state index < -0.39 is 0 Å². The highest BCUT2D eigenvalue weighted by Gasteiger charge is 2.19. The largest absolute Gasteiger partial charge is 0.314 e. The number of nitrogens with zero attached hydrogens (tertiary/aromatic N) is 1. The molecule has 2 atom stereocenters. The van der Waals surface area contributed by atoms with Gasteiger partial charge in [0.25, 0.3) is 0 Å². The predicted octanol–water partition coefficient (Wildman–Crippen LogP) is 3.13. The lowest BCUT2D eigenvalue weighted by Gasteiger charge is -2.33. The van der Waals surface area contributed by atoms with E-state index in [0.717, 1.165) is 6.54 Å². The fourth-order valence-corrected chi connectivity index (χ4v) is 2.84. The van der Waals surface area contributed by atoms with Crippen LogP contribution in [0.15, 0.2) is 24.3 Å². The fraction of sp³-hybridized carbons (Fsp3) is 0.625. The Bertz CT molecular complexity index is 375. The molecule has 18 heavy (non-hydrogen) atoms. The number of nitrogens with one attached hydrogen (secondary N) is 1. The molecule has 1 heterocycles. The lowest BCUT2D eigenvalue weighted by atomic mass is 10.00. The van der Waals surface area contributed by atoms with E-state index in [4.69, 9.17) is 0 Å². The molecule has 0 saturated carbocycles. The topological polar surface area (TPSA) is 15.3 Å². The Morgan fingerprint density at radius 1 is 1.28 bits per heavy atom. The van der Waals surface area contributed by atoms with Crippen LogP contribution >= 0.6 is 0 Å². The molecule has 0 aliphatic carbocycles. The SMILES string of the molecule is Cc1ccccc1C(C)N1CCCNC(C)CC1. The van der Waals surface area contributed by atoms with E-state index in [1.165, 1.54) is 37.1 Å². The summed E-state index contributed by atoms with van der Waals surface area (Å²) in [5, 5.41) is 3.57. The van der Waals surface area contributed by atoms with Crippen molar-refractivity contribution in [2.75, 3.05) is 19.6 Å². The van der Waals surface area contributed by atoms with Crippen molar-refractivity contribution >= 4 is 0 Å². The van der Waals surface area contributed by atoms with Crippen molar-refractivity contribution in [3.8, 4) is 0 Å². The Hall–Kier alpha value is -0.860. The molecule has 1 N–H and O–H groups in total. The van der Waals surface area contributed by atoms with E-state index in [1.54, 1.807) is 0 Å². The first-order valence-corrected chi connectivity index (χ1v) is 7.21. The van der Waals surface area contributed by atoms with Crippen LogP contribution in [-0.4, -0.2) is 30.6 Å². The van der Waals surface area contributed by atoms with Gasteiger partial charge in [0.1, 0.15) is 0 Å². The Morgan fingerprint density at radius 3 is 2.83 bits per heavy atom. The van der Waals surface area contributed by atoms with Gasteiger partial charge < -0.3 is 5.32 Å². The molecule has 2 rings (SSSR count). The normalized spacial score (nSPS) is 24.3. The third kappa shape index (κ3) is 3.33. The molecule has 1 aliphatic rings. The standard InChI is InChI=1S/C16H26N2/c1-13-7-4-5-8-16(13)15(3)18-11-6-10-17-14(2)9-12-18/h4-5,7-8,14-15,17H,6,9-12H2,1-3H3. The highest BCUT2D eigenvalue weighted by Crippen LogP contribution is 2.24. The fourth-order valence-electron chi connectivity index (χ4n) is 2.84. The van der Waals surface area contributed by atoms with Crippen molar-refractivity contribution in [1.29, 1.82) is 0 Å². The summed E-state index contributed by atoms with van der Waals surface area (Å²) in [6, 6.07) is 9.98.